The molecule has 0 heterocycles. The van der Waals surface area contributed by atoms with Crippen molar-refractivity contribution in [2.45, 2.75) is 117 Å². The van der Waals surface area contributed by atoms with Crippen molar-refractivity contribution in [1.82, 2.24) is 0 Å². The number of hydrogen-bond acceptors (Lipinski definition) is 2. The molecule has 1 unspecified atom stereocenters. The average Bonchev–Trinajstić information content (AvgIpc) is 2.77. The van der Waals surface area contributed by atoms with Crippen molar-refractivity contribution in [3.63, 3.8) is 0 Å². The van der Waals surface area contributed by atoms with Crippen LogP contribution in [-0.4, -0.2) is 8.76 Å². The summed E-state index contributed by atoms with van der Waals surface area (Å²) in [6.45, 7) is 4.51. The molecule has 1 atom stereocenters. The van der Waals surface area contributed by atoms with Crippen molar-refractivity contribution in [3.05, 3.63) is 41.5 Å². The predicted molar refractivity (Wildman–Crippen MR) is 139 cm³/mol. The quantitative estimate of drug-likeness (QED) is 0.178. The van der Waals surface area contributed by atoms with Crippen molar-refractivity contribution < 1.29 is 12.9 Å². The summed E-state index contributed by atoms with van der Waals surface area (Å²) < 4.78 is 25.9. The molecule has 0 aromatic heterocycles. The monoisotopic (exact) mass is 460 g/mol. The minimum absolute atomic E-state index is 0.517. The molecule has 0 fully saturated rings. The number of fused-ring (bicyclic) bond motifs is 1. The Morgan fingerprint density at radius 1 is 0.688 bits per heavy atom. The second-order valence-corrected chi connectivity index (χ2v) is 9.79. The Kier molecular flexibility index (Phi) is 13.6. The maximum atomic E-state index is 11.3. The third-order valence-corrected chi connectivity index (χ3v) is 6.66. The molecule has 180 valence electrons. The summed E-state index contributed by atoms with van der Waals surface area (Å²) in [6, 6.07) is 10.6. The van der Waals surface area contributed by atoms with Crippen molar-refractivity contribution in [1.29, 1.82) is 0 Å². The number of unbranched alkanes of at least 4 members (excludes halogenated alkanes) is 12. The minimum atomic E-state index is -2.31. The van der Waals surface area contributed by atoms with Crippen LogP contribution in [0.2, 0.25) is 0 Å². The maximum Gasteiger partial charge on any atom is 0.357 e. The molecular weight excluding hydrogens is 416 g/mol. The Morgan fingerprint density at radius 2 is 1.19 bits per heavy atom. The lowest BCUT2D eigenvalue weighted by molar-refractivity contribution is 0.460. The lowest BCUT2D eigenvalue weighted by Gasteiger charge is -2.11. The maximum absolute atomic E-state index is 11.3. The normalized spacial score (nSPS) is 12.3. The Hall–Kier alpha value is -1.39. The van der Waals surface area contributed by atoms with E-state index in [1.54, 1.807) is 0 Å². The van der Waals surface area contributed by atoms with Gasteiger partial charge in [0.2, 0.25) is 0 Å². The Morgan fingerprint density at radius 3 is 1.75 bits per heavy atom. The van der Waals surface area contributed by atoms with E-state index in [4.69, 9.17) is 4.18 Å². The molecule has 0 bridgehead atoms. The van der Waals surface area contributed by atoms with Crippen LogP contribution in [0.3, 0.4) is 0 Å². The van der Waals surface area contributed by atoms with Crippen LogP contribution in [0.25, 0.3) is 10.8 Å². The molecular formula is C28H44O3S. The molecule has 0 saturated heterocycles. The summed E-state index contributed by atoms with van der Waals surface area (Å²) in [4.78, 5) is 0. The fraction of sp³-hybridized carbons (Fsp3) is 0.643. The SMILES string of the molecule is CCCCCCCCCc1ccc2c(OS(=O)O)cc(CCCCCCCCC)cc2c1. The van der Waals surface area contributed by atoms with Crippen molar-refractivity contribution in [3.8, 4) is 5.75 Å². The molecule has 0 amide bonds. The highest BCUT2D eigenvalue weighted by atomic mass is 32.2. The van der Waals surface area contributed by atoms with E-state index in [2.05, 4.69) is 32.0 Å². The van der Waals surface area contributed by atoms with Gasteiger partial charge in [-0.2, -0.15) is 4.21 Å². The molecule has 2 aromatic rings. The first-order chi connectivity index (χ1) is 15.6. The van der Waals surface area contributed by atoms with Crippen LogP contribution < -0.4 is 4.18 Å². The first kappa shape index (κ1) is 26.9. The van der Waals surface area contributed by atoms with Crippen LogP contribution in [0.5, 0.6) is 5.75 Å². The molecule has 4 heteroatoms. The molecule has 0 spiro atoms. The zero-order valence-electron chi connectivity index (χ0n) is 20.4. The summed E-state index contributed by atoms with van der Waals surface area (Å²) >= 11 is -2.31. The number of benzene rings is 2. The summed E-state index contributed by atoms with van der Waals surface area (Å²) in [5, 5.41) is 2.03. The first-order valence-corrected chi connectivity index (χ1v) is 14.0. The molecule has 0 aliphatic carbocycles. The van der Waals surface area contributed by atoms with E-state index in [9.17, 15) is 8.76 Å². The van der Waals surface area contributed by atoms with Gasteiger partial charge in [0.25, 0.3) is 0 Å². The van der Waals surface area contributed by atoms with Crippen molar-refractivity contribution in [2.24, 2.45) is 0 Å². The minimum Gasteiger partial charge on any atom is -0.379 e. The molecule has 0 saturated carbocycles. The Bertz CT molecular complexity index is 797. The fourth-order valence-corrected chi connectivity index (χ4v) is 4.75. The van der Waals surface area contributed by atoms with Crippen molar-refractivity contribution >= 4 is 22.1 Å². The second-order valence-electron chi connectivity index (χ2n) is 9.19. The van der Waals surface area contributed by atoms with Gasteiger partial charge in [0, 0.05) is 5.39 Å². The van der Waals surface area contributed by atoms with Gasteiger partial charge in [0.1, 0.15) is 0 Å². The average molecular weight is 461 g/mol. The van der Waals surface area contributed by atoms with Gasteiger partial charge in [-0.1, -0.05) is 115 Å². The first-order valence-electron chi connectivity index (χ1n) is 13.0. The van der Waals surface area contributed by atoms with Crippen LogP contribution >= 0.6 is 0 Å². The lowest BCUT2D eigenvalue weighted by Crippen LogP contribution is -2.00. The molecule has 2 aromatic carbocycles. The van der Waals surface area contributed by atoms with Gasteiger partial charge in [-0.3, -0.25) is 4.55 Å². The van der Waals surface area contributed by atoms with Gasteiger partial charge >= 0.3 is 11.4 Å². The van der Waals surface area contributed by atoms with Gasteiger partial charge < -0.3 is 4.18 Å². The Labute approximate surface area is 198 Å². The smallest absolute Gasteiger partial charge is 0.357 e. The summed E-state index contributed by atoms with van der Waals surface area (Å²) in [5.74, 6) is 0.517. The summed E-state index contributed by atoms with van der Waals surface area (Å²) in [6.07, 6.45) is 20.3. The number of hydrogen-bond donors (Lipinski definition) is 1. The van der Waals surface area contributed by atoms with E-state index < -0.39 is 11.4 Å². The number of rotatable bonds is 18. The third-order valence-electron chi connectivity index (χ3n) is 6.34. The lowest BCUT2D eigenvalue weighted by atomic mass is 9.97. The Balaban J connectivity index is 1.96. The van der Waals surface area contributed by atoms with Crippen LogP contribution in [0.15, 0.2) is 30.3 Å². The third kappa shape index (κ3) is 10.5. The van der Waals surface area contributed by atoms with E-state index >= 15 is 0 Å². The highest BCUT2D eigenvalue weighted by Gasteiger charge is 2.09. The van der Waals surface area contributed by atoms with Crippen LogP contribution in [0.4, 0.5) is 0 Å². The van der Waals surface area contributed by atoms with Gasteiger partial charge in [0.05, 0.1) is 0 Å². The molecule has 32 heavy (non-hydrogen) atoms. The van der Waals surface area contributed by atoms with E-state index in [-0.39, 0.29) is 0 Å². The summed E-state index contributed by atoms with van der Waals surface area (Å²) in [5.41, 5.74) is 2.54. The van der Waals surface area contributed by atoms with Crippen LogP contribution in [0, 0.1) is 0 Å². The molecule has 3 nitrogen and oxygen atoms in total. The molecule has 0 aliphatic rings. The highest BCUT2D eigenvalue weighted by molar-refractivity contribution is 7.74. The van der Waals surface area contributed by atoms with E-state index in [1.807, 2.05) is 12.1 Å². The topological polar surface area (TPSA) is 46.5 Å². The zero-order valence-corrected chi connectivity index (χ0v) is 21.2. The van der Waals surface area contributed by atoms with Crippen LogP contribution in [0.1, 0.15) is 115 Å². The van der Waals surface area contributed by atoms with Gasteiger partial charge in [-0.15, -0.1) is 0 Å². The van der Waals surface area contributed by atoms with E-state index in [1.165, 1.54) is 94.6 Å². The molecule has 0 radical (unpaired) electrons. The summed E-state index contributed by atoms with van der Waals surface area (Å²) in [7, 11) is 0. The standard InChI is InChI=1S/C28H44O3S/c1-3-5-7-9-11-13-15-17-24-19-20-27-26(21-24)22-25(23-28(27)31-32(29)30)18-16-14-12-10-8-6-4-2/h19-23H,3-18H2,1-2H3,(H,29,30). The molecule has 0 aliphatic heterocycles. The highest BCUT2D eigenvalue weighted by Crippen LogP contribution is 2.30. The van der Waals surface area contributed by atoms with E-state index in [0.717, 1.165) is 30.0 Å². The van der Waals surface area contributed by atoms with Crippen molar-refractivity contribution in [2.75, 3.05) is 0 Å². The predicted octanol–water partition coefficient (Wildman–Crippen LogP) is 8.94. The van der Waals surface area contributed by atoms with Crippen LogP contribution in [-0.2, 0) is 24.2 Å². The fourth-order valence-electron chi connectivity index (χ4n) is 4.46. The van der Waals surface area contributed by atoms with Gasteiger partial charge in [-0.25, -0.2) is 0 Å². The molecule has 2 rings (SSSR count). The van der Waals surface area contributed by atoms with Gasteiger partial charge in [-0.05, 0) is 48.3 Å². The second kappa shape index (κ2) is 16.3. The largest absolute Gasteiger partial charge is 0.379 e. The molecule has 1 N–H and O–H groups in total. The van der Waals surface area contributed by atoms with Gasteiger partial charge in [0.15, 0.2) is 5.75 Å². The zero-order chi connectivity index (χ0) is 23.0. The number of aryl methyl sites for hydroxylation is 2. The van der Waals surface area contributed by atoms with E-state index in [0.29, 0.717) is 5.75 Å².